The molecule has 0 N–H and O–H groups in total. The van der Waals surface area contributed by atoms with Crippen molar-refractivity contribution < 1.29 is 0 Å². The zero-order valence-electron chi connectivity index (χ0n) is 17.3. The van der Waals surface area contributed by atoms with E-state index < -0.39 is 0 Å². The molecule has 2 aromatic heterocycles. The van der Waals surface area contributed by atoms with Gasteiger partial charge in [-0.25, -0.2) is 4.98 Å². The van der Waals surface area contributed by atoms with Crippen LogP contribution in [0.2, 0.25) is 15.1 Å². The average molecular weight is 522 g/mol. The van der Waals surface area contributed by atoms with Crippen LogP contribution in [0.5, 0.6) is 0 Å². The molecular formula is C24H19Cl3N2OS2. The molecule has 2 aromatic carbocycles. The first kappa shape index (κ1) is 22.3. The Hall–Kier alpha value is -1.50. The Balaban J connectivity index is 1.67. The summed E-state index contributed by atoms with van der Waals surface area (Å²) >= 11 is 22.0. The van der Waals surface area contributed by atoms with Gasteiger partial charge < -0.3 is 0 Å². The zero-order chi connectivity index (χ0) is 22.4. The zero-order valence-corrected chi connectivity index (χ0v) is 21.2. The number of hydrogen-bond acceptors (Lipinski definition) is 4. The number of aryl methyl sites for hydroxylation is 3. The molecular weight excluding hydrogens is 503 g/mol. The van der Waals surface area contributed by atoms with Gasteiger partial charge in [0.15, 0.2) is 5.16 Å². The fourth-order valence-electron chi connectivity index (χ4n) is 4.01. The summed E-state index contributed by atoms with van der Waals surface area (Å²) in [5, 5.41) is 3.21. The highest BCUT2D eigenvalue weighted by Gasteiger charge is 2.23. The SMILES string of the molecule is Cc1ccc(-n2c(SCc3ccc(Cl)cc3Cl)nc3sc4c(c3c2=O)CCCC4)cc1Cl. The van der Waals surface area contributed by atoms with Gasteiger partial charge in [0, 0.05) is 25.7 Å². The molecule has 0 radical (unpaired) electrons. The van der Waals surface area contributed by atoms with Crippen LogP contribution in [0.3, 0.4) is 0 Å². The number of benzene rings is 2. The van der Waals surface area contributed by atoms with Crippen LogP contribution >= 0.6 is 57.9 Å². The highest BCUT2D eigenvalue weighted by molar-refractivity contribution is 7.98. The number of rotatable bonds is 4. The molecule has 164 valence electrons. The third kappa shape index (κ3) is 4.10. The van der Waals surface area contributed by atoms with Crippen LogP contribution in [0.25, 0.3) is 15.9 Å². The van der Waals surface area contributed by atoms with E-state index in [-0.39, 0.29) is 5.56 Å². The lowest BCUT2D eigenvalue weighted by molar-refractivity contribution is 0.699. The van der Waals surface area contributed by atoms with Gasteiger partial charge in [0.2, 0.25) is 0 Å². The Morgan fingerprint density at radius 2 is 1.88 bits per heavy atom. The first-order valence-corrected chi connectivity index (χ1v) is 13.3. The molecule has 4 aromatic rings. The number of nitrogens with zero attached hydrogens (tertiary/aromatic N) is 2. The van der Waals surface area contributed by atoms with Crippen LogP contribution in [0.15, 0.2) is 46.3 Å². The van der Waals surface area contributed by atoms with Gasteiger partial charge >= 0.3 is 0 Å². The Morgan fingerprint density at radius 1 is 1.06 bits per heavy atom. The van der Waals surface area contributed by atoms with Crippen LogP contribution in [0, 0.1) is 6.92 Å². The Labute approximate surface area is 209 Å². The van der Waals surface area contributed by atoms with Crippen molar-refractivity contribution in [3.05, 3.63) is 83.4 Å². The minimum absolute atomic E-state index is 0.0287. The first-order valence-electron chi connectivity index (χ1n) is 10.3. The normalized spacial score (nSPS) is 13.5. The second kappa shape index (κ2) is 9.03. The number of thioether (sulfide) groups is 1. The topological polar surface area (TPSA) is 34.9 Å². The molecule has 32 heavy (non-hydrogen) atoms. The standard InChI is InChI=1S/C24H19Cl3N2OS2/c1-13-6-9-16(11-18(13)26)29-23(30)21-17-4-2-3-5-20(17)32-22(21)28-24(29)31-12-14-7-8-15(25)10-19(14)27/h6-11H,2-5,12H2,1H3. The molecule has 0 aliphatic heterocycles. The third-order valence-corrected chi connectivity index (χ3v) is 8.91. The van der Waals surface area contributed by atoms with Gasteiger partial charge in [-0.1, -0.05) is 58.7 Å². The van der Waals surface area contributed by atoms with Gasteiger partial charge in [0.25, 0.3) is 5.56 Å². The highest BCUT2D eigenvalue weighted by atomic mass is 35.5. The maximum absolute atomic E-state index is 13.8. The van der Waals surface area contributed by atoms with Crippen LogP contribution in [-0.2, 0) is 18.6 Å². The van der Waals surface area contributed by atoms with Crippen molar-refractivity contribution in [1.29, 1.82) is 0 Å². The quantitative estimate of drug-likeness (QED) is 0.202. The smallest absolute Gasteiger partial charge is 0.267 e. The Kier molecular flexibility index (Phi) is 6.30. The van der Waals surface area contributed by atoms with Crippen LogP contribution < -0.4 is 5.56 Å². The van der Waals surface area contributed by atoms with Crippen LogP contribution in [0.1, 0.15) is 34.4 Å². The Morgan fingerprint density at radius 3 is 2.66 bits per heavy atom. The lowest BCUT2D eigenvalue weighted by Crippen LogP contribution is -2.22. The maximum Gasteiger partial charge on any atom is 0.267 e. The van der Waals surface area contributed by atoms with E-state index in [0.29, 0.717) is 26.0 Å². The van der Waals surface area contributed by atoms with E-state index in [1.807, 2.05) is 37.3 Å². The first-order chi connectivity index (χ1) is 15.4. The van der Waals surface area contributed by atoms with Crippen molar-refractivity contribution >= 4 is 68.1 Å². The van der Waals surface area contributed by atoms with E-state index in [0.717, 1.165) is 52.7 Å². The Bertz CT molecular complexity index is 1410. The van der Waals surface area contributed by atoms with E-state index in [9.17, 15) is 4.79 Å². The summed E-state index contributed by atoms with van der Waals surface area (Å²) in [6, 6.07) is 11.2. The van der Waals surface area contributed by atoms with Gasteiger partial charge in [0.1, 0.15) is 4.83 Å². The lowest BCUT2D eigenvalue weighted by atomic mass is 9.97. The van der Waals surface area contributed by atoms with E-state index in [1.54, 1.807) is 22.0 Å². The van der Waals surface area contributed by atoms with Gasteiger partial charge in [-0.3, -0.25) is 9.36 Å². The summed E-state index contributed by atoms with van der Waals surface area (Å²) < 4.78 is 1.70. The molecule has 5 rings (SSSR count). The number of fused-ring (bicyclic) bond motifs is 3. The second-order valence-electron chi connectivity index (χ2n) is 7.88. The van der Waals surface area contributed by atoms with Crippen molar-refractivity contribution in [1.82, 2.24) is 9.55 Å². The van der Waals surface area contributed by atoms with Crippen molar-refractivity contribution in [2.24, 2.45) is 0 Å². The molecule has 8 heteroatoms. The summed E-state index contributed by atoms with van der Waals surface area (Å²) in [4.78, 5) is 20.9. The predicted octanol–water partition coefficient (Wildman–Crippen LogP) is 7.89. The monoisotopic (exact) mass is 520 g/mol. The number of halogens is 3. The summed E-state index contributed by atoms with van der Waals surface area (Å²) in [6.07, 6.45) is 4.24. The number of hydrogen-bond donors (Lipinski definition) is 0. The number of thiophene rings is 1. The molecule has 0 unspecified atom stereocenters. The molecule has 3 nitrogen and oxygen atoms in total. The molecule has 2 heterocycles. The fourth-order valence-corrected chi connectivity index (χ4v) is 7.06. The maximum atomic E-state index is 13.8. The summed E-state index contributed by atoms with van der Waals surface area (Å²) in [5.74, 6) is 0.568. The molecule has 1 aliphatic rings. The highest BCUT2D eigenvalue weighted by Crippen LogP contribution is 2.36. The van der Waals surface area contributed by atoms with Crippen molar-refractivity contribution in [3.63, 3.8) is 0 Å². The molecule has 0 saturated carbocycles. The lowest BCUT2D eigenvalue weighted by Gasteiger charge is -2.14. The number of aromatic nitrogens is 2. The van der Waals surface area contributed by atoms with E-state index >= 15 is 0 Å². The van der Waals surface area contributed by atoms with Gasteiger partial charge in [-0.15, -0.1) is 11.3 Å². The van der Waals surface area contributed by atoms with E-state index in [1.165, 1.54) is 22.2 Å². The van der Waals surface area contributed by atoms with E-state index in [2.05, 4.69) is 0 Å². The molecule has 0 amide bonds. The van der Waals surface area contributed by atoms with Gasteiger partial charge in [-0.2, -0.15) is 0 Å². The van der Waals surface area contributed by atoms with Crippen LogP contribution in [0.4, 0.5) is 0 Å². The third-order valence-electron chi connectivity index (χ3n) is 5.74. The van der Waals surface area contributed by atoms with Crippen molar-refractivity contribution in [2.45, 2.75) is 43.5 Å². The van der Waals surface area contributed by atoms with E-state index in [4.69, 9.17) is 39.8 Å². The summed E-state index contributed by atoms with van der Waals surface area (Å²) in [6.45, 7) is 1.95. The molecule has 0 fully saturated rings. The molecule has 0 bridgehead atoms. The predicted molar refractivity (Wildman–Crippen MR) is 138 cm³/mol. The van der Waals surface area contributed by atoms with Crippen LogP contribution in [-0.4, -0.2) is 9.55 Å². The molecule has 0 atom stereocenters. The summed E-state index contributed by atoms with van der Waals surface area (Å²) in [7, 11) is 0. The fraction of sp³-hybridized carbons (Fsp3) is 0.250. The minimum Gasteiger partial charge on any atom is -0.268 e. The second-order valence-corrected chi connectivity index (χ2v) is 11.2. The van der Waals surface area contributed by atoms with Crippen molar-refractivity contribution in [2.75, 3.05) is 0 Å². The molecule has 0 spiro atoms. The minimum atomic E-state index is -0.0287. The molecule has 1 aliphatic carbocycles. The van der Waals surface area contributed by atoms with Gasteiger partial charge in [0.05, 0.1) is 11.1 Å². The average Bonchev–Trinajstić information content (AvgIpc) is 3.14. The van der Waals surface area contributed by atoms with Gasteiger partial charge in [-0.05, 0) is 73.6 Å². The summed E-state index contributed by atoms with van der Waals surface area (Å²) in [5.41, 5.74) is 3.78. The molecule has 0 saturated heterocycles. The van der Waals surface area contributed by atoms with Crippen molar-refractivity contribution in [3.8, 4) is 5.69 Å². The largest absolute Gasteiger partial charge is 0.268 e.